The highest BCUT2D eigenvalue weighted by Gasteiger charge is 2.42. The van der Waals surface area contributed by atoms with Gasteiger partial charge in [-0.2, -0.15) is 11.8 Å². The maximum Gasteiger partial charge on any atom is 0.408 e. The smallest absolute Gasteiger partial charge is 0.408 e. The molecule has 8 heteroatoms. The number of amides is 3. The van der Waals surface area contributed by atoms with Crippen LogP contribution >= 0.6 is 11.8 Å². The minimum Gasteiger partial charge on any atom is -0.444 e. The number of thioether (sulfide) groups is 1. The minimum absolute atomic E-state index is 0.0446. The van der Waals surface area contributed by atoms with Gasteiger partial charge in [0.05, 0.1) is 0 Å². The van der Waals surface area contributed by atoms with Crippen LogP contribution in [0.5, 0.6) is 0 Å². The van der Waals surface area contributed by atoms with Crippen LogP contribution in [0.2, 0.25) is 0 Å². The SMILES string of the molecule is CCCCCNC(=O)C(c1ccc(C)cc1C)N(C(=O)C(CCSC)NC(=O)OC(C)(C)C)C1CCC1. The minimum atomic E-state index is -0.774. The van der Waals surface area contributed by atoms with Gasteiger partial charge in [0.2, 0.25) is 11.8 Å². The van der Waals surface area contributed by atoms with Gasteiger partial charge < -0.3 is 20.3 Å². The third-order valence-corrected chi connectivity index (χ3v) is 7.29. The predicted octanol–water partition coefficient (Wildman–Crippen LogP) is 5.68. The second kappa shape index (κ2) is 14.6. The fraction of sp³-hybridized carbons (Fsp3) is 0.690. The molecule has 208 valence electrons. The topological polar surface area (TPSA) is 87.7 Å². The van der Waals surface area contributed by atoms with Crippen molar-refractivity contribution < 1.29 is 19.1 Å². The summed E-state index contributed by atoms with van der Waals surface area (Å²) in [6.45, 7) is 12.1. The van der Waals surface area contributed by atoms with Gasteiger partial charge in [-0.15, -0.1) is 0 Å². The quantitative estimate of drug-likeness (QED) is 0.319. The molecule has 2 atom stereocenters. The first kappa shape index (κ1) is 31.0. The maximum atomic E-state index is 14.2. The number of nitrogens with one attached hydrogen (secondary N) is 2. The molecule has 3 amide bonds. The van der Waals surface area contributed by atoms with Gasteiger partial charge in [0.1, 0.15) is 17.7 Å². The van der Waals surface area contributed by atoms with E-state index in [0.717, 1.165) is 55.2 Å². The summed E-state index contributed by atoms with van der Waals surface area (Å²) in [6.07, 6.45) is 7.52. The van der Waals surface area contributed by atoms with Crippen LogP contribution in [-0.4, -0.2) is 59.0 Å². The van der Waals surface area contributed by atoms with Gasteiger partial charge in [0.25, 0.3) is 0 Å². The second-order valence-electron chi connectivity index (χ2n) is 11.1. The van der Waals surface area contributed by atoms with Crippen molar-refractivity contribution in [2.75, 3.05) is 18.6 Å². The first-order valence-electron chi connectivity index (χ1n) is 13.6. The molecule has 0 radical (unpaired) electrons. The summed E-state index contributed by atoms with van der Waals surface area (Å²) in [4.78, 5) is 42.4. The van der Waals surface area contributed by atoms with E-state index in [1.54, 1.807) is 37.4 Å². The number of unbranched alkanes of at least 4 members (excludes halogenated alkanes) is 2. The molecule has 2 N–H and O–H groups in total. The van der Waals surface area contributed by atoms with Crippen molar-refractivity contribution in [1.29, 1.82) is 0 Å². The van der Waals surface area contributed by atoms with Gasteiger partial charge in [0.15, 0.2) is 0 Å². The molecule has 0 bridgehead atoms. The van der Waals surface area contributed by atoms with Crippen molar-refractivity contribution in [1.82, 2.24) is 15.5 Å². The predicted molar refractivity (Wildman–Crippen MR) is 152 cm³/mol. The van der Waals surface area contributed by atoms with E-state index in [1.807, 2.05) is 32.2 Å². The Morgan fingerprint density at radius 3 is 2.41 bits per heavy atom. The highest BCUT2D eigenvalue weighted by Crippen LogP contribution is 2.35. The number of hydrogen-bond donors (Lipinski definition) is 2. The zero-order valence-corrected chi connectivity index (χ0v) is 24.6. The van der Waals surface area contributed by atoms with E-state index in [1.165, 1.54) is 0 Å². The molecule has 1 aliphatic carbocycles. The molecule has 0 saturated heterocycles. The highest BCUT2D eigenvalue weighted by molar-refractivity contribution is 7.98. The standard InChI is InChI=1S/C29H47N3O4S/c1-8-9-10-17-30-26(33)25(23-15-14-20(2)19-21(23)3)32(22-12-11-13-22)27(34)24(16-18-37-7)31-28(35)36-29(4,5)6/h14-15,19,22,24-25H,8-13,16-18H2,1-7H3,(H,30,33)(H,31,35). The number of alkyl carbamates (subject to hydrolysis) is 1. The molecule has 0 aliphatic heterocycles. The van der Waals surface area contributed by atoms with E-state index in [-0.39, 0.29) is 17.9 Å². The maximum absolute atomic E-state index is 14.2. The van der Waals surface area contributed by atoms with E-state index >= 15 is 0 Å². The van der Waals surface area contributed by atoms with E-state index < -0.39 is 23.8 Å². The first-order chi connectivity index (χ1) is 17.5. The number of nitrogens with zero attached hydrogens (tertiary/aromatic N) is 1. The van der Waals surface area contributed by atoms with E-state index in [4.69, 9.17) is 4.74 Å². The number of carbonyl (C=O) groups is 3. The number of benzene rings is 1. The molecule has 1 aromatic carbocycles. The molecule has 0 spiro atoms. The van der Waals surface area contributed by atoms with Crippen LogP contribution in [0.4, 0.5) is 4.79 Å². The van der Waals surface area contributed by atoms with Crippen LogP contribution < -0.4 is 10.6 Å². The third kappa shape index (κ3) is 9.55. The Morgan fingerprint density at radius 1 is 1.16 bits per heavy atom. The molecule has 37 heavy (non-hydrogen) atoms. The lowest BCUT2D eigenvalue weighted by molar-refractivity contribution is -0.147. The zero-order valence-electron chi connectivity index (χ0n) is 23.8. The number of hydrogen-bond acceptors (Lipinski definition) is 5. The number of carbonyl (C=O) groups excluding carboxylic acids is 3. The van der Waals surface area contributed by atoms with Gasteiger partial charge in [-0.3, -0.25) is 9.59 Å². The molecule has 1 fully saturated rings. The highest BCUT2D eigenvalue weighted by atomic mass is 32.2. The Balaban J connectivity index is 2.45. The van der Waals surface area contributed by atoms with Crippen LogP contribution in [0.25, 0.3) is 0 Å². The largest absolute Gasteiger partial charge is 0.444 e. The Bertz CT molecular complexity index is 911. The van der Waals surface area contributed by atoms with Crippen molar-refractivity contribution in [3.63, 3.8) is 0 Å². The summed E-state index contributed by atoms with van der Waals surface area (Å²) in [7, 11) is 0. The molecule has 1 aliphatic rings. The average molecular weight is 534 g/mol. The molecular weight excluding hydrogens is 486 g/mol. The lowest BCUT2D eigenvalue weighted by Crippen LogP contribution is -2.57. The van der Waals surface area contributed by atoms with E-state index in [9.17, 15) is 14.4 Å². The zero-order chi connectivity index (χ0) is 27.6. The summed E-state index contributed by atoms with van der Waals surface area (Å²) < 4.78 is 5.47. The van der Waals surface area contributed by atoms with Gasteiger partial charge in [-0.25, -0.2) is 4.79 Å². The Morgan fingerprint density at radius 2 is 1.86 bits per heavy atom. The van der Waals surface area contributed by atoms with Crippen LogP contribution in [0.3, 0.4) is 0 Å². The Labute approximate surface area is 227 Å². The lowest BCUT2D eigenvalue weighted by Gasteiger charge is -2.44. The third-order valence-electron chi connectivity index (χ3n) is 6.65. The van der Waals surface area contributed by atoms with Gasteiger partial charge in [0, 0.05) is 12.6 Å². The fourth-order valence-corrected chi connectivity index (χ4v) is 5.01. The van der Waals surface area contributed by atoms with Crippen molar-refractivity contribution in [2.45, 2.75) is 110 Å². The monoisotopic (exact) mass is 533 g/mol. The number of ether oxygens (including phenoxy) is 1. The van der Waals surface area contributed by atoms with Crippen LogP contribution in [-0.2, 0) is 14.3 Å². The molecule has 0 heterocycles. The molecule has 2 rings (SSSR count). The molecule has 0 aromatic heterocycles. The van der Waals surface area contributed by atoms with Crippen LogP contribution in [0, 0.1) is 13.8 Å². The lowest BCUT2D eigenvalue weighted by atomic mass is 9.87. The second-order valence-corrected chi connectivity index (χ2v) is 12.1. The van der Waals surface area contributed by atoms with Crippen molar-refractivity contribution >= 4 is 29.7 Å². The first-order valence-corrected chi connectivity index (χ1v) is 15.0. The normalized spacial score (nSPS) is 15.3. The average Bonchev–Trinajstić information content (AvgIpc) is 2.77. The molecular formula is C29H47N3O4S. The molecule has 1 aromatic rings. The molecule has 7 nitrogen and oxygen atoms in total. The van der Waals surface area contributed by atoms with Gasteiger partial charge in [-0.1, -0.05) is 43.5 Å². The fourth-order valence-electron chi connectivity index (χ4n) is 4.54. The van der Waals surface area contributed by atoms with Crippen LogP contribution in [0.15, 0.2) is 18.2 Å². The molecule has 1 saturated carbocycles. The Kier molecular flexibility index (Phi) is 12.3. The molecule has 2 unspecified atom stereocenters. The van der Waals surface area contributed by atoms with Crippen molar-refractivity contribution in [3.8, 4) is 0 Å². The van der Waals surface area contributed by atoms with Gasteiger partial charge >= 0.3 is 6.09 Å². The summed E-state index contributed by atoms with van der Waals surface area (Å²) in [5.41, 5.74) is 2.24. The summed E-state index contributed by atoms with van der Waals surface area (Å²) in [6, 6.07) is 4.45. The number of rotatable bonds is 13. The van der Waals surface area contributed by atoms with Crippen molar-refractivity contribution in [3.05, 3.63) is 34.9 Å². The van der Waals surface area contributed by atoms with E-state index in [0.29, 0.717) is 18.7 Å². The van der Waals surface area contributed by atoms with Gasteiger partial charge in [-0.05, 0) is 89.9 Å². The Hall–Kier alpha value is -2.22. The van der Waals surface area contributed by atoms with Crippen molar-refractivity contribution in [2.24, 2.45) is 0 Å². The summed E-state index contributed by atoms with van der Waals surface area (Å²) >= 11 is 1.62. The summed E-state index contributed by atoms with van der Waals surface area (Å²) in [5.74, 6) is 0.310. The van der Waals surface area contributed by atoms with Crippen LogP contribution in [0.1, 0.15) is 95.4 Å². The number of aryl methyl sites for hydroxylation is 2. The summed E-state index contributed by atoms with van der Waals surface area (Å²) in [5, 5.41) is 5.92. The van der Waals surface area contributed by atoms with E-state index in [2.05, 4.69) is 23.6 Å².